The lowest BCUT2D eigenvalue weighted by molar-refractivity contribution is -0.118. The van der Waals surface area contributed by atoms with Gasteiger partial charge in [-0.15, -0.1) is 24.2 Å². The van der Waals surface area contributed by atoms with E-state index in [9.17, 15) is 9.90 Å². The Labute approximate surface area is 123 Å². The van der Waals surface area contributed by atoms with E-state index in [1.165, 1.54) is 11.8 Å². The van der Waals surface area contributed by atoms with Crippen LogP contribution in [0.4, 0.5) is 0 Å². The van der Waals surface area contributed by atoms with Crippen LogP contribution in [0.25, 0.3) is 0 Å². The molecule has 0 radical (unpaired) electrons. The van der Waals surface area contributed by atoms with Crippen molar-refractivity contribution >= 4 is 30.1 Å². The molecule has 1 amide bonds. The summed E-state index contributed by atoms with van der Waals surface area (Å²) in [5.74, 6) is 0.568. The molecule has 1 aromatic carbocycles. The van der Waals surface area contributed by atoms with E-state index < -0.39 is 0 Å². The number of carbonyl (C=O) groups is 1. The zero-order chi connectivity index (χ0) is 12.8. The number of aliphatic hydroxyl groups excluding tert-OH is 1. The maximum atomic E-state index is 11.6. The summed E-state index contributed by atoms with van der Waals surface area (Å²) in [4.78, 5) is 12.7. The van der Waals surface area contributed by atoms with Crippen LogP contribution >= 0.6 is 24.2 Å². The number of β-amino-alcohol motifs (C(OH)–C–C–N with tert-alkyl or cyclic N) is 1. The fourth-order valence-electron chi connectivity index (χ4n) is 1.89. The normalized spacial score (nSPS) is 21.7. The van der Waals surface area contributed by atoms with Crippen LogP contribution in [0, 0.1) is 5.92 Å². The SMILES string of the molecule is Cl.O=C(CSc1ccccc1)NCC1CNCC1O. The van der Waals surface area contributed by atoms with E-state index in [-0.39, 0.29) is 30.3 Å². The van der Waals surface area contributed by atoms with E-state index >= 15 is 0 Å². The molecule has 0 aliphatic carbocycles. The van der Waals surface area contributed by atoms with Crippen molar-refractivity contribution in [3.8, 4) is 0 Å². The summed E-state index contributed by atoms with van der Waals surface area (Å²) in [5, 5.41) is 15.6. The summed E-state index contributed by atoms with van der Waals surface area (Å²) in [7, 11) is 0. The molecule has 0 spiro atoms. The van der Waals surface area contributed by atoms with E-state index in [4.69, 9.17) is 0 Å². The number of benzene rings is 1. The maximum Gasteiger partial charge on any atom is 0.230 e. The number of rotatable bonds is 5. The van der Waals surface area contributed by atoms with Gasteiger partial charge >= 0.3 is 0 Å². The molecule has 1 heterocycles. The molecule has 2 unspecified atom stereocenters. The molecule has 106 valence electrons. The summed E-state index contributed by atoms with van der Waals surface area (Å²) in [6.07, 6.45) is -0.341. The fourth-order valence-corrected chi connectivity index (χ4v) is 2.64. The molecule has 3 N–H and O–H groups in total. The van der Waals surface area contributed by atoms with Gasteiger partial charge in [-0.1, -0.05) is 18.2 Å². The van der Waals surface area contributed by atoms with Gasteiger partial charge in [0.05, 0.1) is 11.9 Å². The summed E-state index contributed by atoms with van der Waals surface area (Å²) in [5.41, 5.74) is 0. The van der Waals surface area contributed by atoms with Gasteiger partial charge in [-0.25, -0.2) is 0 Å². The zero-order valence-electron chi connectivity index (χ0n) is 10.5. The summed E-state index contributed by atoms with van der Waals surface area (Å²) >= 11 is 1.52. The lowest BCUT2D eigenvalue weighted by Crippen LogP contribution is -2.35. The van der Waals surface area contributed by atoms with E-state index in [0.717, 1.165) is 11.4 Å². The summed E-state index contributed by atoms with van der Waals surface area (Å²) < 4.78 is 0. The topological polar surface area (TPSA) is 61.4 Å². The molecule has 1 aliphatic rings. The van der Waals surface area contributed by atoms with E-state index in [1.807, 2.05) is 30.3 Å². The average molecular weight is 303 g/mol. The second kappa shape index (κ2) is 8.43. The Bertz CT molecular complexity index is 391. The molecule has 1 aromatic rings. The van der Waals surface area contributed by atoms with Gasteiger partial charge in [0.25, 0.3) is 0 Å². The Kier molecular flexibility index (Phi) is 7.23. The molecular weight excluding hydrogens is 284 g/mol. The Morgan fingerprint density at radius 2 is 2.11 bits per heavy atom. The molecule has 19 heavy (non-hydrogen) atoms. The quantitative estimate of drug-likeness (QED) is 0.707. The Hall–Kier alpha value is -0.750. The van der Waals surface area contributed by atoms with Crippen molar-refractivity contribution in [1.82, 2.24) is 10.6 Å². The number of hydrogen-bond donors (Lipinski definition) is 3. The first-order chi connectivity index (χ1) is 8.75. The molecule has 1 fully saturated rings. The van der Waals surface area contributed by atoms with Gasteiger partial charge in [-0.3, -0.25) is 4.79 Å². The summed E-state index contributed by atoms with van der Waals surface area (Å²) in [6, 6.07) is 9.85. The highest BCUT2D eigenvalue weighted by atomic mass is 35.5. The molecular formula is C13H19ClN2O2S. The van der Waals surface area contributed by atoms with Gasteiger partial charge in [0, 0.05) is 30.4 Å². The molecule has 0 saturated carbocycles. The van der Waals surface area contributed by atoms with Crippen LogP contribution in [0.3, 0.4) is 0 Å². The monoisotopic (exact) mass is 302 g/mol. The minimum atomic E-state index is -0.341. The predicted octanol–water partition coefficient (Wildman–Crippen LogP) is 0.897. The van der Waals surface area contributed by atoms with Crippen LogP contribution in [-0.2, 0) is 4.79 Å². The first-order valence-corrected chi connectivity index (χ1v) is 7.07. The number of halogens is 1. The third kappa shape index (κ3) is 5.40. The third-order valence-corrected chi connectivity index (χ3v) is 3.99. The number of hydrogen-bond acceptors (Lipinski definition) is 4. The number of thioether (sulfide) groups is 1. The number of amides is 1. The first kappa shape index (κ1) is 16.3. The molecule has 2 rings (SSSR count). The molecule has 6 heteroatoms. The van der Waals surface area contributed by atoms with Crippen LogP contribution in [0.1, 0.15) is 0 Å². The Morgan fingerprint density at radius 3 is 2.74 bits per heavy atom. The smallest absolute Gasteiger partial charge is 0.230 e. The largest absolute Gasteiger partial charge is 0.391 e. The van der Waals surface area contributed by atoms with Gasteiger partial charge in [-0.2, -0.15) is 0 Å². The van der Waals surface area contributed by atoms with Crippen LogP contribution in [0.5, 0.6) is 0 Å². The highest BCUT2D eigenvalue weighted by Gasteiger charge is 2.24. The van der Waals surface area contributed by atoms with E-state index in [0.29, 0.717) is 18.8 Å². The van der Waals surface area contributed by atoms with Gasteiger partial charge in [0.2, 0.25) is 5.91 Å². The van der Waals surface area contributed by atoms with Gasteiger partial charge in [0.15, 0.2) is 0 Å². The van der Waals surface area contributed by atoms with Gasteiger partial charge in [0.1, 0.15) is 0 Å². The van der Waals surface area contributed by atoms with E-state index in [2.05, 4.69) is 10.6 Å². The minimum Gasteiger partial charge on any atom is -0.391 e. The van der Waals surface area contributed by atoms with Crippen molar-refractivity contribution in [3.05, 3.63) is 30.3 Å². The maximum absolute atomic E-state index is 11.6. The minimum absolute atomic E-state index is 0. The standard InChI is InChI=1S/C13H18N2O2S.ClH/c16-12-8-14-6-10(12)7-15-13(17)9-18-11-4-2-1-3-5-11;/h1-5,10,12,14,16H,6-9H2,(H,15,17);1H. The average Bonchev–Trinajstić information content (AvgIpc) is 2.81. The zero-order valence-corrected chi connectivity index (χ0v) is 12.2. The Morgan fingerprint density at radius 1 is 1.37 bits per heavy atom. The van der Waals surface area contributed by atoms with Crippen LogP contribution < -0.4 is 10.6 Å². The molecule has 2 atom stereocenters. The van der Waals surface area contributed by atoms with E-state index in [1.54, 1.807) is 0 Å². The van der Waals surface area contributed by atoms with Crippen molar-refractivity contribution in [2.75, 3.05) is 25.4 Å². The van der Waals surface area contributed by atoms with Crippen LogP contribution in [-0.4, -0.2) is 42.5 Å². The highest BCUT2D eigenvalue weighted by molar-refractivity contribution is 8.00. The van der Waals surface area contributed by atoms with Crippen LogP contribution in [0.15, 0.2) is 35.2 Å². The van der Waals surface area contributed by atoms with Crippen molar-refractivity contribution in [2.24, 2.45) is 5.92 Å². The lowest BCUT2D eigenvalue weighted by atomic mass is 10.1. The molecule has 1 aliphatic heterocycles. The summed E-state index contributed by atoms with van der Waals surface area (Å²) in [6.45, 7) is 1.94. The van der Waals surface area contributed by atoms with Gasteiger partial charge < -0.3 is 15.7 Å². The number of nitrogens with one attached hydrogen (secondary N) is 2. The second-order valence-corrected chi connectivity index (χ2v) is 5.44. The molecule has 4 nitrogen and oxygen atoms in total. The van der Waals surface area contributed by atoms with Gasteiger partial charge in [-0.05, 0) is 12.1 Å². The third-order valence-electron chi connectivity index (χ3n) is 2.98. The second-order valence-electron chi connectivity index (χ2n) is 4.39. The first-order valence-electron chi connectivity index (χ1n) is 6.09. The molecule has 0 aromatic heterocycles. The predicted molar refractivity (Wildman–Crippen MR) is 79.8 cm³/mol. The lowest BCUT2D eigenvalue weighted by Gasteiger charge is -2.13. The van der Waals surface area contributed by atoms with Crippen molar-refractivity contribution in [2.45, 2.75) is 11.0 Å². The fraction of sp³-hybridized carbons (Fsp3) is 0.462. The molecule has 0 bridgehead atoms. The molecule has 1 saturated heterocycles. The van der Waals surface area contributed by atoms with Crippen molar-refractivity contribution in [3.63, 3.8) is 0 Å². The highest BCUT2D eigenvalue weighted by Crippen LogP contribution is 2.16. The Balaban J connectivity index is 0.00000180. The van der Waals surface area contributed by atoms with Crippen molar-refractivity contribution in [1.29, 1.82) is 0 Å². The van der Waals surface area contributed by atoms with Crippen molar-refractivity contribution < 1.29 is 9.90 Å². The van der Waals surface area contributed by atoms with Crippen LogP contribution in [0.2, 0.25) is 0 Å². The number of carbonyl (C=O) groups excluding carboxylic acids is 1. The number of aliphatic hydroxyl groups is 1.